The van der Waals surface area contributed by atoms with Crippen LogP contribution in [0, 0.1) is 11.7 Å². The van der Waals surface area contributed by atoms with E-state index in [0.29, 0.717) is 32.2 Å². The van der Waals surface area contributed by atoms with Crippen LogP contribution in [0.5, 0.6) is 5.88 Å². The molecular weight excluding hydrogens is 301 g/mol. The maximum Gasteiger partial charge on any atom is 0.319 e. The first-order valence-corrected chi connectivity index (χ1v) is 7.85. The smallest absolute Gasteiger partial charge is 0.319 e. The van der Waals surface area contributed by atoms with Crippen LogP contribution in [0.25, 0.3) is 0 Å². The van der Waals surface area contributed by atoms with Crippen molar-refractivity contribution in [2.45, 2.75) is 18.4 Å². The number of rotatable bonds is 4. The summed E-state index contributed by atoms with van der Waals surface area (Å²) in [6, 6.07) is 2.88. The van der Waals surface area contributed by atoms with Crippen LogP contribution in [0.3, 0.4) is 0 Å². The Morgan fingerprint density at radius 1 is 1.57 bits per heavy atom. The Bertz CT molecular complexity index is 575. The van der Waals surface area contributed by atoms with E-state index in [-0.39, 0.29) is 17.5 Å². The zero-order valence-corrected chi connectivity index (χ0v) is 13.5. The van der Waals surface area contributed by atoms with Gasteiger partial charge >= 0.3 is 6.03 Å². The third-order valence-corrected chi connectivity index (χ3v) is 4.60. The summed E-state index contributed by atoms with van der Waals surface area (Å²) in [6.07, 6.45) is 3.22. The number of amides is 2. The standard InChI is InChI=1S/C16H22FN3O3/c1-19(2)15(21)20-10-16(11-20)12(6-9-23-16)5-8-22-14-13(17)4-3-7-18-14/h3-4,7,12H,5-6,8-11H2,1-2H3. The molecule has 0 N–H and O–H groups in total. The molecule has 2 fully saturated rings. The largest absolute Gasteiger partial charge is 0.476 e. The van der Waals surface area contributed by atoms with E-state index < -0.39 is 5.82 Å². The first kappa shape index (κ1) is 16.0. The van der Waals surface area contributed by atoms with Crippen molar-refractivity contribution in [2.24, 2.45) is 5.92 Å². The van der Waals surface area contributed by atoms with E-state index in [0.717, 1.165) is 12.8 Å². The van der Waals surface area contributed by atoms with Crippen LogP contribution in [-0.4, -0.2) is 66.8 Å². The number of hydrogen-bond donors (Lipinski definition) is 0. The quantitative estimate of drug-likeness (QED) is 0.847. The number of halogens is 1. The number of aromatic nitrogens is 1. The number of urea groups is 1. The number of carbonyl (C=O) groups excluding carboxylic acids is 1. The molecular formula is C16H22FN3O3. The molecule has 2 saturated heterocycles. The lowest BCUT2D eigenvalue weighted by Crippen LogP contribution is -2.67. The summed E-state index contributed by atoms with van der Waals surface area (Å²) in [5.74, 6) is -0.0877. The van der Waals surface area contributed by atoms with E-state index in [9.17, 15) is 9.18 Å². The van der Waals surface area contributed by atoms with Gasteiger partial charge in [0.25, 0.3) is 0 Å². The number of likely N-dealkylation sites (tertiary alicyclic amines) is 1. The van der Waals surface area contributed by atoms with Crippen molar-refractivity contribution in [2.75, 3.05) is 40.4 Å². The zero-order valence-electron chi connectivity index (χ0n) is 13.5. The van der Waals surface area contributed by atoms with Crippen LogP contribution >= 0.6 is 0 Å². The number of carbonyl (C=O) groups is 1. The normalized spacial score (nSPS) is 22.0. The fourth-order valence-electron chi connectivity index (χ4n) is 3.34. The fourth-order valence-corrected chi connectivity index (χ4v) is 3.34. The number of ether oxygens (including phenoxy) is 2. The van der Waals surface area contributed by atoms with Gasteiger partial charge in [-0.15, -0.1) is 0 Å². The molecule has 23 heavy (non-hydrogen) atoms. The van der Waals surface area contributed by atoms with Crippen LogP contribution in [0.1, 0.15) is 12.8 Å². The molecule has 0 bridgehead atoms. The predicted octanol–water partition coefficient (Wildman–Crippen LogP) is 1.76. The molecule has 1 atom stereocenters. The second-order valence-corrected chi connectivity index (χ2v) is 6.36. The Labute approximate surface area is 135 Å². The Morgan fingerprint density at radius 2 is 2.35 bits per heavy atom. The summed E-state index contributed by atoms with van der Waals surface area (Å²) in [4.78, 5) is 19.2. The molecule has 1 aromatic heterocycles. The van der Waals surface area contributed by atoms with E-state index >= 15 is 0 Å². The van der Waals surface area contributed by atoms with Gasteiger partial charge in [0.05, 0.1) is 19.7 Å². The van der Waals surface area contributed by atoms with Gasteiger partial charge in [0, 0.05) is 26.9 Å². The van der Waals surface area contributed by atoms with Crippen LogP contribution in [-0.2, 0) is 4.74 Å². The van der Waals surface area contributed by atoms with Crippen molar-refractivity contribution in [3.05, 3.63) is 24.1 Å². The van der Waals surface area contributed by atoms with Crippen molar-refractivity contribution in [3.63, 3.8) is 0 Å². The van der Waals surface area contributed by atoms with Crippen LogP contribution in [0.2, 0.25) is 0 Å². The van der Waals surface area contributed by atoms with Gasteiger partial charge in [-0.05, 0) is 30.9 Å². The lowest BCUT2D eigenvalue weighted by atomic mass is 9.79. The summed E-state index contributed by atoms with van der Waals surface area (Å²) >= 11 is 0. The molecule has 6 nitrogen and oxygen atoms in total. The van der Waals surface area contributed by atoms with E-state index in [1.54, 1.807) is 23.9 Å². The zero-order chi connectivity index (χ0) is 16.4. The predicted molar refractivity (Wildman–Crippen MR) is 81.8 cm³/mol. The van der Waals surface area contributed by atoms with Crippen molar-refractivity contribution in [1.82, 2.24) is 14.8 Å². The highest BCUT2D eigenvalue weighted by Gasteiger charge is 2.54. The van der Waals surface area contributed by atoms with Crippen LogP contribution in [0.15, 0.2) is 18.3 Å². The van der Waals surface area contributed by atoms with Gasteiger partial charge in [-0.3, -0.25) is 0 Å². The van der Waals surface area contributed by atoms with E-state index in [2.05, 4.69) is 4.98 Å². The molecule has 0 saturated carbocycles. The maximum atomic E-state index is 13.5. The summed E-state index contributed by atoms with van der Waals surface area (Å²) in [5, 5.41) is 0. The molecule has 2 aliphatic heterocycles. The molecule has 1 aromatic rings. The van der Waals surface area contributed by atoms with Gasteiger partial charge in [-0.25, -0.2) is 14.2 Å². The SMILES string of the molecule is CN(C)C(=O)N1CC2(C1)OCCC2CCOc1ncccc1F. The molecule has 0 aliphatic carbocycles. The van der Waals surface area contributed by atoms with E-state index in [1.807, 2.05) is 0 Å². The molecule has 2 aliphatic rings. The monoisotopic (exact) mass is 323 g/mol. The van der Waals surface area contributed by atoms with Gasteiger partial charge in [-0.1, -0.05) is 0 Å². The van der Waals surface area contributed by atoms with Crippen molar-refractivity contribution in [1.29, 1.82) is 0 Å². The van der Waals surface area contributed by atoms with Gasteiger partial charge in [0.1, 0.15) is 5.60 Å². The molecule has 3 heterocycles. The van der Waals surface area contributed by atoms with E-state index in [4.69, 9.17) is 9.47 Å². The first-order valence-electron chi connectivity index (χ1n) is 7.85. The fraction of sp³-hybridized carbons (Fsp3) is 0.625. The molecule has 7 heteroatoms. The molecule has 1 spiro atoms. The Hall–Kier alpha value is -1.89. The summed E-state index contributed by atoms with van der Waals surface area (Å²) in [6.45, 7) is 2.33. The van der Waals surface area contributed by atoms with Crippen LogP contribution in [0.4, 0.5) is 9.18 Å². The Balaban J connectivity index is 1.51. The van der Waals surface area contributed by atoms with Gasteiger partial charge < -0.3 is 19.3 Å². The summed E-state index contributed by atoms with van der Waals surface area (Å²) in [7, 11) is 3.49. The molecule has 0 aromatic carbocycles. The highest BCUT2D eigenvalue weighted by molar-refractivity contribution is 5.75. The lowest BCUT2D eigenvalue weighted by molar-refractivity contribution is -0.119. The minimum absolute atomic E-state index is 0.0108. The molecule has 126 valence electrons. The number of nitrogens with zero attached hydrogens (tertiary/aromatic N) is 3. The van der Waals surface area contributed by atoms with Crippen LogP contribution < -0.4 is 4.74 Å². The molecule has 1 unspecified atom stereocenters. The van der Waals surface area contributed by atoms with E-state index in [1.165, 1.54) is 18.3 Å². The summed E-state index contributed by atoms with van der Waals surface area (Å²) < 4.78 is 24.8. The third-order valence-electron chi connectivity index (χ3n) is 4.60. The third kappa shape index (κ3) is 3.10. The van der Waals surface area contributed by atoms with Gasteiger partial charge in [-0.2, -0.15) is 0 Å². The Kier molecular flexibility index (Phi) is 4.39. The molecule has 2 amide bonds. The topological polar surface area (TPSA) is 54.9 Å². The second kappa shape index (κ2) is 6.31. The second-order valence-electron chi connectivity index (χ2n) is 6.36. The molecule has 0 radical (unpaired) electrons. The minimum atomic E-state index is -0.448. The summed E-state index contributed by atoms with van der Waals surface area (Å²) in [5.41, 5.74) is -0.252. The minimum Gasteiger partial charge on any atom is -0.476 e. The number of hydrogen-bond acceptors (Lipinski definition) is 4. The number of pyridine rings is 1. The maximum absolute atomic E-state index is 13.5. The highest BCUT2D eigenvalue weighted by atomic mass is 19.1. The van der Waals surface area contributed by atoms with Gasteiger partial charge in [0.2, 0.25) is 5.88 Å². The lowest BCUT2D eigenvalue weighted by Gasteiger charge is -2.50. The van der Waals surface area contributed by atoms with Gasteiger partial charge in [0.15, 0.2) is 5.82 Å². The van der Waals surface area contributed by atoms with Crippen molar-refractivity contribution in [3.8, 4) is 5.88 Å². The first-order chi connectivity index (χ1) is 11.0. The Morgan fingerprint density at radius 3 is 3.04 bits per heavy atom. The van der Waals surface area contributed by atoms with Crippen molar-refractivity contribution < 1.29 is 18.7 Å². The average molecular weight is 323 g/mol. The highest BCUT2D eigenvalue weighted by Crippen LogP contribution is 2.41. The average Bonchev–Trinajstić information content (AvgIpc) is 2.91. The molecule has 3 rings (SSSR count). The van der Waals surface area contributed by atoms with Crippen molar-refractivity contribution >= 4 is 6.03 Å².